The number of carbonyl (C=O) groups is 2. The summed E-state index contributed by atoms with van der Waals surface area (Å²) >= 11 is 1.28. The van der Waals surface area contributed by atoms with Crippen molar-refractivity contribution in [1.29, 1.82) is 0 Å². The fourth-order valence-corrected chi connectivity index (χ4v) is 4.83. The monoisotopic (exact) mass is 479 g/mol. The smallest absolute Gasteiger partial charge is 0.348 e. The third-order valence-corrected chi connectivity index (χ3v) is 7.14. The van der Waals surface area contributed by atoms with Crippen molar-refractivity contribution in [3.05, 3.63) is 69.9 Å². The van der Waals surface area contributed by atoms with Gasteiger partial charge in [0.1, 0.15) is 4.88 Å². The predicted octanol–water partition coefficient (Wildman–Crippen LogP) is 4.84. The molecule has 1 aliphatic rings. The first-order valence-corrected chi connectivity index (χ1v) is 12.7. The van der Waals surface area contributed by atoms with E-state index in [0.29, 0.717) is 17.8 Å². The number of nitrogens with zero attached hydrogens (tertiary/aromatic N) is 1. The molecule has 2 aromatic rings. The Morgan fingerprint density at radius 2 is 2.06 bits per heavy atom. The Labute approximate surface area is 206 Å². The van der Waals surface area contributed by atoms with E-state index in [2.05, 4.69) is 43.0 Å². The van der Waals surface area contributed by atoms with Gasteiger partial charge in [-0.1, -0.05) is 67.7 Å². The number of aliphatic hydroxyl groups is 1. The van der Waals surface area contributed by atoms with E-state index in [9.17, 15) is 14.7 Å². The van der Waals surface area contributed by atoms with Gasteiger partial charge in [-0.2, -0.15) is 0 Å². The van der Waals surface area contributed by atoms with E-state index >= 15 is 0 Å². The molecule has 6 heteroatoms. The van der Waals surface area contributed by atoms with Crippen molar-refractivity contribution in [2.45, 2.75) is 57.6 Å². The van der Waals surface area contributed by atoms with E-state index in [4.69, 9.17) is 4.74 Å². The van der Waals surface area contributed by atoms with E-state index in [0.717, 1.165) is 37.0 Å². The number of benzene rings is 1. The minimum Gasteiger partial charge on any atom is -0.465 e. The van der Waals surface area contributed by atoms with Crippen molar-refractivity contribution < 1.29 is 19.4 Å². The third kappa shape index (κ3) is 7.58. The summed E-state index contributed by atoms with van der Waals surface area (Å²) in [5.41, 5.74) is 1.35. The molecule has 180 valence electrons. The number of amides is 1. The number of unbranched alkanes of at least 4 members (excludes halogenated alkanes) is 1. The minimum absolute atomic E-state index is 0.0457. The van der Waals surface area contributed by atoms with Crippen LogP contribution in [0, 0.1) is 17.8 Å². The zero-order chi connectivity index (χ0) is 24.3. The van der Waals surface area contributed by atoms with Crippen LogP contribution in [0.5, 0.6) is 0 Å². The Morgan fingerprint density at radius 3 is 2.82 bits per heavy atom. The largest absolute Gasteiger partial charge is 0.465 e. The average molecular weight is 480 g/mol. The highest BCUT2D eigenvalue weighted by Gasteiger charge is 2.28. The number of aryl methyl sites for hydroxylation is 1. The van der Waals surface area contributed by atoms with Gasteiger partial charge in [0.25, 0.3) is 0 Å². The summed E-state index contributed by atoms with van der Waals surface area (Å²) in [6, 6.07) is 13.9. The number of methoxy groups -OCH3 is 1. The highest BCUT2D eigenvalue weighted by molar-refractivity contribution is 7.14. The van der Waals surface area contributed by atoms with Gasteiger partial charge in [0.2, 0.25) is 5.91 Å². The van der Waals surface area contributed by atoms with Crippen LogP contribution in [0.15, 0.2) is 54.6 Å². The first-order chi connectivity index (χ1) is 16.5. The van der Waals surface area contributed by atoms with Crippen LogP contribution in [-0.2, 0) is 16.0 Å². The molecule has 0 spiro atoms. The van der Waals surface area contributed by atoms with Crippen molar-refractivity contribution >= 4 is 23.2 Å². The summed E-state index contributed by atoms with van der Waals surface area (Å²) in [5.74, 6) is 5.95. The lowest BCUT2D eigenvalue weighted by Crippen LogP contribution is -2.32. The van der Waals surface area contributed by atoms with E-state index in [1.54, 1.807) is 17.0 Å². The molecule has 5 nitrogen and oxygen atoms in total. The van der Waals surface area contributed by atoms with E-state index < -0.39 is 6.10 Å². The second-order valence-electron chi connectivity index (χ2n) is 8.67. The molecular weight excluding hydrogens is 446 g/mol. The molecule has 1 aliphatic heterocycles. The first kappa shape index (κ1) is 25.7. The SMILES string of the molecule is COC(=O)c1ccc(C#CCN2C(=O)CC[C@@H]2/C=C/[C@@H](O)[C@@H](C)CCCCc2ccccc2)s1. The summed E-state index contributed by atoms with van der Waals surface area (Å²) in [6.45, 7) is 2.40. The van der Waals surface area contributed by atoms with Crippen molar-refractivity contribution in [1.82, 2.24) is 4.90 Å². The number of hydrogen-bond donors (Lipinski definition) is 1. The summed E-state index contributed by atoms with van der Waals surface area (Å²) in [6.07, 6.45) is 8.72. The summed E-state index contributed by atoms with van der Waals surface area (Å²) in [7, 11) is 1.35. The van der Waals surface area contributed by atoms with Crippen LogP contribution in [0.1, 0.15) is 59.1 Å². The van der Waals surface area contributed by atoms with Crippen LogP contribution >= 0.6 is 11.3 Å². The maximum atomic E-state index is 12.3. The number of hydrogen-bond acceptors (Lipinski definition) is 5. The van der Waals surface area contributed by atoms with Crippen LogP contribution < -0.4 is 0 Å². The molecule has 0 aliphatic carbocycles. The fraction of sp³-hybridized carbons (Fsp3) is 0.429. The number of esters is 1. The summed E-state index contributed by atoms with van der Waals surface area (Å²) in [5, 5.41) is 10.6. The minimum atomic E-state index is -0.525. The highest BCUT2D eigenvalue weighted by atomic mass is 32.1. The average Bonchev–Trinajstić information content (AvgIpc) is 3.47. The van der Waals surface area contributed by atoms with Crippen LogP contribution in [0.4, 0.5) is 0 Å². The molecule has 34 heavy (non-hydrogen) atoms. The van der Waals surface area contributed by atoms with Crippen LogP contribution in [0.3, 0.4) is 0 Å². The molecule has 1 fully saturated rings. The van der Waals surface area contributed by atoms with Crippen LogP contribution in [0.2, 0.25) is 0 Å². The first-order valence-electron chi connectivity index (χ1n) is 11.8. The second-order valence-corrected chi connectivity index (χ2v) is 9.75. The van der Waals surface area contributed by atoms with Gasteiger partial charge in [-0.05, 0) is 49.3 Å². The second kappa shape index (κ2) is 13.1. The number of aliphatic hydroxyl groups excluding tert-OH is 1. The zero-order valence-corrected chi connectivity index (χ0v) is 20.7. The maximum absolute atomic E-state index is 12.3. The fourth-order valence-electron chi connectivity index (χ4n) is 4.03. The Bertz CT molecular complexity index is 1030. The van der Waals surface area contributed by atoms with Crippen LogP contribution in [0.25, 0.3) is 0 Å². The number of ether oxygens (including phenoxy) is 1. The van der Waals surface area contributed by atoms with Crippen molar-refractivity contribution in [2.24, 2.45) is 5.92 Å². The molecule has 2 heterocycles. The lowest BCUT2D eigenvalue weighted by Gasteiger charge is -2.21. The molecule has 1 saturated heterocycles. The van der Waals surface area contributed by atoms with Gasteiger partial charge >= 0.3 is 5.97 Å². The Kier molecular flexibility index (Phi) is 9.93. The van der Waals surface area contributed by atoms with Crippen molar-refractivity contribution in [3.8, 4) is 11.8 Å². The number of thiophene rings is 1. The van der Waals surface area contributed by atoms with Crippen LogP contribution in [-0.4, -0.2) is 47.7 Å². The molecule has 1 aromatic heterocycles. The predicted molar refractivity (Wildman–Crippen MR) is 136 cm³/mol. The lowest BCUT2D eigenvalue weighted by molar-refractivity contribution is -0.127. The quantitative estimate of drug-likeness (QED) is 0.229. The normalized spacial score (nSPS) is 17.4. The maximum Gasteiger partial charge on any atom is 0.348 e. The molecule has 3 atom stereocenters. The topological polar surface area (TPSA) is 66.8 Å². The molecule has 0 unspecified atom stereocenters. The molecule has 3 rings (SSSR count). The molecule has 0 saturated carbocycles. The van der Waals surface area contributed by atoms with Gasteiger partial charge in [-0.25, -0.2) is 4.79 Å². The van der Waals surface area contributed by atoms with Crippen molar-refractivity contribution in [3.63, 3.8) is 0 Å². The van der Waals surface area contributed by atoms with Gasteiger partial charge in [-0.3, -0.25) is 4.79 Å². The molecule has 0 bridgehead atoms. The summed E-state index contributed by atoms with van der Waals surface area (Å²) < 4.78 is 4.71. The van der Waals surface area contributed by atoms with E-state index in [1.165, 1.54) is 24.0 Å². The van der Waals surface area contributed by atoms with E-state index in [-0.39, 0.29) is 23.8 Å². The Morgan fingerprint density at radius 1 is 1.26 bits per heavy atom. The van der Waals surface area contributed by atoms with E-state index in [1.807, 2.05) is 18.2 Å². The van der Waals surface area contributed by atoms with Gasteiger partial charge in [0.15, 0.2) is 0 Å². The van der Waals surface area contributed by atoms with Gasteiger partial charge in [-0.15, -0.1) is 11.3 Å². The molecule has 0 radical (unpaired) electrons. The lowest BCUT2D eigenvalue weighted by atomic mass is 9.95. The molecule has 1 amide bonds. The standard InChI is InChI=1S/C28H33NO4S/c1-21(9-6-7-12-22-10-4-3-5-11-22)25(30)17-14-23-15-19-27(31)29(23)20-8-13-24-16-18-26(34-24)28(32)33-2/h3-5,10-11,14,16-18,21,23,25,30H,6-7,9,12,15,19-20H2,1-2H3/b17-14+/t21-,23-,25+/m0/s1. The zero-order valence-electron chi connectivity index (χ0n) is 19.9. The van der Waals surface area contributed by atoms with Gasteiger partial charge in [0, 0.05) is 6.42 Å². The number of carbonyl (C=O) groups excluding carboxylic acids is 2. The number of rotatable bonds is 10. The number of likely N-dealkylation sites (tertiary alicyclic amines) is 1. The Hall–Kier alpha value is -2.88. The van der Waals surface area contributed by atoms with Crippen molar-refractivity contribution in [2.75, 3.05) is 13.7 Å². The molecule has 1 N–H and O–H groups in total. The van der Waals surface area contributed by atoms with Gasteiger partial charge < -0.3 is 14.7 Å². The third-order valence-electron chi connectivity index (χ3n) is 6.16. The highest BCUT2D eigenvalue weighted by Crippen LogP contribution is 2.22. The van der Waals surface area contributed by atoms with Gasteiger partial charge in [0.05, 0.1) is 30.7 Å². The molecular formula is C28H33NO4S. The Balaban J connectivity index is 1.45. The molecule has 1 aromatic carbocycles. The summed E-state index contributed by atoms with van der Waals surface area (Å²) in [4.78, 5) is 26.9.